The second-order valence-corrected chi connectivity index (χ2v) is 5.10. The van der Waals surface area contributed by atoms with Crippen LogP contribution in [-0.2, 0) is 19.0 Å². The summed E-state index contributed by atoms with van der Waals surface area (Å²) in [5.74, 6) is -2.51. The van der Waals surface area contributed by atoms with Crippen LogP contribution in [0.25, 0.3) is 0 Å². The Labute approximate surface area is 124 Å². The third kappa shape index (κ3) is 3.22. The number of aliphatic carboxylic acids is 1. The molecular formula is C12H17O10-. The maximum absolute atomic E-state index is 10.8. The Morgan fingerprint density at radius 3 is 2.41 bits per heavy atom. The van der Waals surface area contributed by atoms with E-state index >= 15 is 0 Å². The molecule has 0 radical (unpaired) electrons. The fourth-order valence-electron chi connectivity index (χ4n) is 2.19. The van der Waals surface area contributed by atoms with E-state index in [1.54, 1.807) is 0 Å². The van der Waals surface area contributed by atoms with Crippen LogP contribution in [-0.4, -0.2) is 80.7 Å². The quantitative estimate of drug-likeness (QED) is 0.342. The number of aliphatic hydroxyl groups excluding tert-OH is 5. The molecule has 10 nitrogen and oxygen atoms in total. The molecule has 126 valence electrons. The van der Waals surface area contributed by atoms with Gasteiger partial charge in [0, 0.05) is 0 Å². The molecule has 1 fully saturated rings. The maximum atomic E-state index is 10.8. The molecule has 0 aromatic rings. The normalized spacial score (nSPS) is 45.8. The zero-order valence-electron chi connectivity index (χ0n) is 11.5. The Kier molecular flexibility index (Phi) is 5.02. The Bertz CT molecular complexity index is 451. The van der Waals surface area contributed by atoms with Gasteiger partial charge in [-0.25, -0.2) is 0 Å². The van der Waals surface area contributed by atoms with Crippen molar-refractivity contribution >= 4 is 5.97 Å². The lowest BCUT2D eigenvalue weighted by atomic mass is 9.99. The third-order valence-electron chi connectivity index (χ3n) is 3.49. The minimum atomic E-state index is -1.74. The fourth-order valence-corrected chi connectivity index (χ4v) is 2.19. The predicted octanol–water partition coefficient (Wildman–Crippen LogP) is -4.46. The molecule has 5 N–H and O–H groups in total. The van der Waals surface area contributed by atoms with Gasteiger partial charge in [0.1, 0.15) is 42.2 Å². The largest absolute Gasteiger partial charge is 0.542 e. The zero-order chi connectivity index (χ0) is 16.6. The molecule has 10 heteroatoms. The summed E-state index contributed by atoms with van der Waals surface area (Å²) in [7, 11) is 0. The number of rotatable bonds is 3. The lowest BCUT2D eigenvalue weighted by molar-refractivity contribution is -0.335. The van der Waals surface area contributed by atoms with Gasteiger partial charge in [0.05, 0.1) is 6.10 Å². The van der Waals surface area contributed by atoms with Crippen LogP contribution in [0.1, 0.15) is 6.92 Å². The van der Waals surface area contributed by atoms with E-state index in [4.69, 9.17) is 14.2 Å². The van der Waals surface area contributed by atoms with Gasteiger partial charge in [0.25, 0.3) is 0 Å². The maximum Gasteiger partial charge on any atom is 0.229 e. The zero-order valence-corrected chi connectivity index (χ0v) is 11.5. The van der Waals surface area contributed by atoms with Gasteiger partial charge < -0.3 is 49.6 Å². The van der Waals surface area contributed by atoms with E-state index in [1.165, 1.54) is 6.92 Å². The monoisotopic (exact) mass is 321 g/mol. The highest BCUT2D eigenvalue weighted by molar-refractivity contribution is 5.82. The number of hydrogen-bond donors (Lipinski definition) is 5. The first-order chi connectivity index (χ1) is 10.2. The first-order valence-corrected chi connectivity index (χ1v) is 6.53. The molecule has 0 spiro atoms. The molecule has 0 aromatic heterocycles. The highest BCUT2D eigenvalue weighted by Crippen LogP contribution is 2.27. The average molecular weight is 321 g/mol. The smallest absolute Gasteiger partial charge is 0.229 e. The lowest BCUT2D eigenvalue weighted by Crippen LogP contribution is -2.60. The van der Waals surface area contributed by atoms with Crippen LogP contribution in [0, 0.1) is 0 Å². The van der Waals surface area contributed by atoms with Crippen molar-refractivity contribution in [2.75, 3.05) is 0 Å². The summed E-state index contributed by atoms with van der Waals surface area (Å²) >= 11 is 0. The molecule has 0 aromatic carbocycles. The van der Waals surface area contributed by atoms with Crippen molar-refractivity contribution in [3.05, 3.63) is 11.8 Å². The highest BCUT2D eigenvalue weighted by Gasteiger charge is 2.46. The Morgan fingerprint density at radius 2 is 1.82 bits per heavy atom. The predicted molar refractivity (Wildman–Crippen MR) is 63.4 cm³/mol. The molecular weight excluding hydrogens is 304 g/mol. The van der Waals surface area contributed by atoms with Crippen LogP contribution < -0.4 is 5.11 Å². The number of aliphatic hydroxyl groups is 5. The molecule has 0 amide bonds. The molecule has 0 bridgehead atoms. The number of carboxylic acid groups (broad SMARTS) is 1. The molecule has 1 saturated heterocycles. The molecule has 22 heavy (non-hydrogen) atoms. The summed E-state index contributed by atoms with van der Waals surface area (Å²) in [4.78, 5) is 10.8. The van der Waals surface area contributed by atoms with Gasteiger partial charge in [0.2, 0.25) is 6.29 Å². The molecule has 0 aliphatic carbocycles. The minimum Gasteiger partial charge on any atom is -0.542 e. The van der Waals surface area contributed by atoms with E-state index in [-0.39, 0.29) is 0 Å². The fraction of sp³-hybridized carbons (Fsp3) is 0.750. The molecule has 0 unspecified atom stereocenters. The van der Waals surface area contributed by atoms with E-state index < -0.39 is 60.9 Å². The summed E-state index contributed by atoms with van der Waals surface area (Å²) in [6.07, 6.45) is -11.3. The van der Waals surface area contributed by atoms with Gasteiger partial charge in [-0.1, -0.05) is 0 Å². The van der Waals surface area contributed by atoms with E-state index in [1.807, 2.05) is 0 Å². The van der Waals surface area contributed by atoms with E-state index in [0.717, 1.165) is 6.08 Å². The van der Waals surface area contributed by atoms with Gasteiger partial charge in [-0.15, -0.1) is 0 Å². The summed E-state index contributed by atoms with van der Waals surface area (Å²) in [5, 5.41) is 59.3. The van der Waals surface area contributed by atoms with Gasteiger partial charge >= 0.3 is 0 Å². The molecule has 2 rings (SSSR count). The second kappa shape index (κ2) is 6.46. The summed E-state index contributed by atoms with van der Waals surface area (Å²) in [5.41, 5.74) is 0. The number of carbonyl (C=O) groups is 1. The minimum absolute atomic E-state index is 0.723. The van der Waals surface area contributed by atoms with Crippen molar-refractivity contribution in [3.63, 3.8) is 0 Å². The Balaban J connectivity index is 2.12. The van der Waals surface area contributed by atoms with Crippen LogP contribution in [0.5, 0.6) is 0 Å². The van der Waals surface area contributed by atoms with Crippen molar-refractivity contribution in [3.8, 4) is 0 Å². The van der Waals surface area contributed by atoms with Crippen LogP contribution in [0.15, 0.2) is 11.8 Å². The highest BCUT2D eigenvalue weighted by atomic mass is 16.7. The molecule has 8 atom stereocenters. The van der Waals surface area contributed by atoms with Crippen molar-refractivity contribution in [2.24, 2.45) is 0 Å². The van der Waals surface area contributed by atoms with Gasteiger partial charge in [-0.05, 0) is 13.0 Å². The second-order valence-electron chi connectivity index (χ2n) is 5.10. The van der Waals surface area contributed by atoms with E-state index in [2.05, 4.69) is 0 Å². The lowest BCUT2D eigenvalue weighted by Gasteiger charge is -2.42. The molecule has 2 aliphatic heterocycles. The van der Waals surface area contributed by atoms with Gasteiger partial charge in [0.15, 0.2) is 6.29 Å². The molecule has 2 aliphatic rings. The number of carboxylic acids is 1. The summed E-state index contributed by atoms with van der Waals surface area (Å²) < 4.78 is 14.8. The standard InChI is InChI=1S/C12H18O10/c1-3-6(14)8(16)9(11(19)20-3)22-12-7(15)4(13)2-5(21-12)10(17)18/h2-4,6-9,11-16,19H,1H3,(H,17,18)/p-1/t3-,4-,6-,7+,8+,9-,11+,12+/m0/s1. The first-order valence-electron chi connectivity index (χ1n) is 6.53. The Hall–Kier alpha value is -1.27. The first kappa shape index (κ1) is 17.1. The van der Waals surface area contributed by atoms with Crippen molar-refractivity contribution in [2.45, 2.75) is 56.1 Å². The van der Waals surface area contributed by atoms with Crippen LogP contribution in [0.2, 0.25) is 0 Å². The van der Waals surface area contributed by atoms with Gasteiger partial charge in [-0.2, -0.15) is 0 Å². The van der Waals surface area contributed by atoms with Gasteiger partial charge in [-0.3, -0.25) is 0 Å². The SMILES string of the molecule is C[C@@H]1O[C@@H](O)[C@@H](O[C@H]2OC(C(=O)[O-])=C[C@H](O)[C@H]2O)[C@H](O)[C@H]1O. The van der Waals surface area contributed by atoms with E-state index in [0.29, 0.717) is 0 Å². The summed E-state index contributed by atoms with van der Waals surface area (Å²) in [6.45, 7) is 1.42. The summed E-state index contributed by atoms with van der Waals surface area (Å²) in [6, 6.07) is 0. The molecule has 0 saturated carbocycles. The average Bonchev–Trinajstić information content (AvgIpc) is 2.45. The number of carbonyl (C=O) groups excluding carboxylic acids is 1. The van der Waals surface area contributed by atoms with Crippen LogP contribution >= 0.6 is 0 Å². The van der Waals surface area contributed by atoms with Crippen molar-refractivity contribution in [1.29, 1.82) is 0 Å². The molecule has 2 heterocycles. The topological polar surface area (TPSA) is 169 Å². The van der Waals surface area contributed by atoms with Crippen molar-refractivity contribution in [1.82, 2.24) is 0 Å². The number of hydrogen-bond acceptors (Lipinski definition) is 10. The van der Waals surface area contributed by atoms with Crippen LogP contribution in [0.3, 0.4) is 0 Å². The van der Waals surface area contributed by atoms with Crippen molar-refractivity contribution < 1.29 is 49.6 Å². The van der Waals surface area contributed by atoms with Crippen LogP contribution in [0.4, 0.5) is 0 Å². The Morgan fingerprint density at radius 1 is 1.18 bits per heavy atom. The number of ether oxygens (including phenoxy) is 3. The van der Waals surface area contributed by atoms with E-state index in [9.17, 15) is 35.4 Å². The third-order valence-corrected chi connectivity index (χ3v) is 3.49.